The molecule has 0 aliphatic heterocycles. The summed E-state index contributed by atoms with van der Waals surface area (Å²) in [6.07, 6.45) is 2.83. The molecular weight excluding hydrogens is 179 g/mol. The maximum atomic E-state index is 13.1. The quantitative estimate of drug-likeness (QED) is 0.666. The molecule has 1 aromatic carbocycles. The fourth-order valence-corrected chi connectivity index (χ4v) is 1.05. The van der Waals surface area contributed by atoms with E-state index < -0.39 is 5.82 Å². The van der Waals surface area contributed by atoms with E-state index in [2.05, 4.69) is 0 Å². The van der Waals surface area contributed by atoms with Gasteiger partial charge in [0.2, 0.25) is 0 Å². The molecule has 0 radical (unpaired) electrons. The number of hydrogen-bond acceptors (Lipinski definition) is 2. The number of nitriles is 2. The second-order valence-corrected chi connectivity index (χ2v) is 2.65. The van der Waals surface area contributed by atoms with E-state index in [0.29, 0.717) is 5.56 Å². The molecule has 14 heavy (non-hydrogen) atoms. The monoisotopic (exact) mass is 186 g/mol. The van der Waals surface area contributed by atoms with Crippen LogP contribution in [0.3, 0.4) is 0 Å². The van der Waals surface area contributed by atoms with Crippen molar-refractivity contribution in [2.24, 2.45) is 0 Å². The Hall–Kier alpha value is -2.13. The molecule has 3 heteroatoms. The summed E-state index contributed by atoms with van der Waals surface area (Å²) < 4.78 is 13.1. The second kappa shape index (κ2) is 4.79. The molecule has 2 nitrogen and oxygen atoms in total. The first-order chi connectivity index (χ1) is 6.77. The van der Waals surface area contributed by atoms with Crippen molar-refractivity contribution in [2.75, 3.05) is 0 Å². The van der Waals surface area contributed by atoms with Crippen molar-refractivity contribution in [3.05, 3.63) is 41.2 Å². The van der Waals surface area contributed by atoms with Crippen LogP contribution in [0.25, 0.3) is 6.08 Å². The van der Waals surface area contributed by atoms with Gasteiger partial charge in [0.1, 0.15) is 5.82 Å². The lowest BCUT2D eigenvalue weighted by Gasteiger charge is -1.98. The van der Waals surface area contributed by atoms with Crippen molar-refractivity contribution in [2.45, 2.75) is 6.42 Å². The summed E-state index contributed by atoms with van der Waals surface area (Å²) in [7, 11) is 0. The molecular formula is C11H7FN2. The van der Waals surface area contributed by atoms with Gasteiger partial charge in [0, 0.05) is 11.6 Å². The van der Waals surface area contributed by atoms with Crippen LogP contribution in [-0.2, 0) is 6.42 Å². The largest absolute Gasteiger partial charge is 0.206 e. The van der Waals surface area contributed by atoms with Crippen LogP contribution in [0.1, 0.15) is 11.1 Å². The first kappa shape index (κ1) is 9.95. The molecule has 0 aliphatic rings. The van der Waals surface area contributed by atoms with Gasteiger partial charge in [-0.25, -0.2) is 4.39 Å². The average molecular weight is 186 g/mol. The summed E-state index contributed by atoms with van der Waals surface area (Å²) in [5, 5.41) is 16.7. The molecule has 0 saturated carbocycles. The average Bonchev–Trinajstić information content (AvgIpc) is 2.19. The maximum absolute atomic E-state index is 13.1. The Kier molecular flexibility index (Phi) is 3.41. The molecule has 0 unspecified atom stereocenters. The lowest BCUT2D eigenvalue weighted by atomic mass is 10.1. The Balaban J connectivity index is 3.04. The molecule has 0 bridgehead atoms. The number of nitrogens with zero attached hydrogens (tertiary/aromatic N) is 2. The van der Waals surface area contributed by atoms with E-state index in [4.69, 9.17) is 10.5 Å². The molecule has 0 fully saturated rings. The highest BCUT2D eigenvalue weighted by molar-refractivity contribution is 5.53. The van der Waals surface area contributed by atoms with Gasteiger partial charge in [0.15, 0.2) is 0 Å². The summed E-state index contributed by atoms with van der Waals surface area (Å²) >= 11 is 0. The summed E-state index contributed by atoms with van der Waals surface area (Å²) in [6.45, 7) is 0. The highest BCUT2D eigenvalue weighted by atomic mass is 19.1. The van der Waals surface area contributed by atoms with Crippen molar-refractivity contribution < 1.29 is 4.39 Å². The highest BCUT2D eigenvalue weighted by Crippen LogP contribution is 2.12. The first-order valence-electron chi connectivity index (χ1n) is 3.99. The number of halogens is 1. The molecule has 0 saturated heterocycles. The van der Waals surface area contributed by atoms with Crippen molar-refractivity contribution in [1.29, 1.82) is 10.5 Å². The van der Waals surface area contributed by atoms with E-state index in [1.165, 1.54) is 18.2 Å². The van der Waals surface area contributed by atoms with E-state index in [-0.39, 0.29) is 6.42 Å². The predicted octanol–water partition coefficient (Wildman–Crippen LogP) is 2.43. The Morgan fingerprint density at radius 3 is 2.79 bits per heavy atom. The molecule has 68 valence electrons. The third-order valence-electron chi connectivity index (χ3n) is 1.68. The number of benzene rings is 1. The molecule has 0 amide bonds. The molecule has 0 spiro atoms. The van der Waals surface area contributed by atoms with Crippen LogP contribution in [0.15, 0.2) is 24.3 Å². The van der Waals surface area contributed by atoms with Crippen LogP contribution in [0.5, 0.6) is 0 Å². The minimum Gasteiger partial charge on any atom is -0.206 e. The lowest BCUT2D eigenvalue weighted by molar-refractivity contribution is 0.624. The first-order valence-corrected chi connectivity index (χ1v) is 3.99. The molecule has 0 heterocycles. The summed E-state index contributed by atoms with van der Waals surface area (Å²) in [4.78, 5) is 0. The van der Waals surface area contributed by atoms with Crippen LogP contribution in [-0.4, -0.2) is 0 Å². The number of rotatable bonds is 2. The lowest BCUT2D eigenvalue weighted by Crippen LogP contribution is -1.87. The van der Waals surface area contributed by atoms with Crippen LogP contribution in [0, 0.1) is 28.5 Å². The van der Waals surface area contributed by atoms with Gasteiger partial charge in [-0.1, -0.05) is 6.07 Å². The standard InChI is InChI=1S/C11H7FN2/c12-11-4-3-9(5-7-14)8-10(11)2-1-6-13/h1-4,8H,5H2. The van der Waals surface area contributed by atoms with E-state index >= 15 is 0 Å². The van der Waals surface area contributed by atoms with Gasteiger partial charge in [-0.05, 0) is 23.8 Å². The minimum atomic E-state index is -0.391. The second-order valence-electron chi connectivity index (χ2n) is 2.65. The third kappa shape index (κ3) is 2.43. The molecule has 1 aromatic rings. The van der Waals surface area contributed by atoms with Crippen LogP contribution in [0.4, 0.5) is 4.39 Å². The summed E-state index contributed by atoms with van der Waals surface area (Å²) in [5.74, 6) is -0.391. The van der Waals surface area contributed by atoms with Gasteiger partial charge in [-0.3, -0.25) is 0 Å². The maximum Gasteiger partial charge on any atom is 0.130 e. The van der Waals surface area contributed by atoms with Crippen molar-refractivity contribution in [1.82, 2.24) is 0 Å². The highest BCUT2D eigenvalue weighted by Gasteiger charge is 1.99. The SMILES string of the molecule is N#CC=Cc1cc(CC#N)ccc1F. The van der Waals surface area contributed by atoms with Crippen LogP contribution < -0.4 is 0 Å². The fraction of sp³-hybridized carbons (Fsp3) is 0.0909. The zero-order valence-electron chi connectivity index (χ0n) is 7.37. The minimum absolute atomic E-state index is 0.244. The van der Waals surface area contributed by atoms with Gasteiger partial charge in [-0.15, -0.1) is 0 Å². The summed E-state index contributed by atoms with van der Waals surface area (Å²) in [5.41, 5.74) is 1.07. The molecule has 0 N–H and O–H groups in total. The molecule has 1 rings (SSSR count). The van der Waals surface area contributed by atoms with E-state index in [0.717, 1.165) is 5.56 Å². The van der Waals surface area contributed by atoms with Gasteiger partial charge in [0.25, 0.3) is 0 Å². The zero-order valence-corrected chi connectivity index (χ0v) is 7.37. The normalized spacial score (nSPS) is 9.64. The Labute approximate surface area is 81.5 Å². The Morgan fingerprint density at radius 1 is 1.36 bits per heavy atom. The fourth-order valence-electron chi connectivity index (χ4n) is 1.05. The molecule has 0 aliphatic carbocycles. The van der Waals surface area contributed by atoms with Crippen molar-refractivity contribution in [3.8, 4) is 12.1 Å². The van der Waals surface area contributed by atoms with Crippen molar-refractivity contribution >= 4 is 6.08 Å². The van der Waals surface area contributed by atoms with E-state index in [1.54, 1.807) is 18.2 Å². The van der Waals surface area contributed by atoms with Gasteiger partial charge in [0.05, 0.1) is 18.6 Å². The predicted molar refractivity (Wildman–Crippen MR) is 50.4 cm³/mol. The third-order valence-corrected chi connectivity index (χ3v) is 1.68. The van der Waals surface area contributed by atoms with E-state index in [1.807, 2.05) is 6.07 Å². The number of hydrogen-bond donors (Lipinski definition) is 0. The van der Waals surface area contributed by atoms with Crippen LogP contribution >= 0.6 is 0 Å². The smallest absolute Gasteiger partial charge is 0.130 e. The summed E-state index contributed by atoms with van der Waals surface area (Å²) in [6, 6.07) is 8.17. The van der Waals surface area contributed by atoms with Crippen LogP contribution in [0.2, 0.25) is 0 Å². The zero-order chi connectivity index (χ0) is 10.4. The Morgan fingerprint density at radius 2 is 2.14 bits per heavy atom. The Bertz CT molecular complexity index is 436. The number of allylic oxidation sites excluding steroid dienone is 1. The molecule has 0 aromatic heterocycles. The van der Waals surface area contributed by atoms with Gasteiger partial charge >= 0.3 is 0 Å². The van der Waals surface area contributed by atoms with Gasteiger partial charge in [-0.2, -0.15) is 10.5 Å². The van der Waals surface area contributed by atoms with Crippen molar-refractivity contribution in [3.63, 3.8) is 0 Å². The topological polar surface area (TPSA) is 47.6 Å². The van der Waals surface area contributed by atoms with Gasteiger partial charge < -0.3 is 0 Å². The molecule has 0 atom stereocenters. The van der Waals surface area contributed by atoms with E-state index in [9.17, 15) is 4.39 Å².